The van der Waals surface area contributed by atoms with Gasteiger partial charge in [-0.2, -0.15) is 0 Å². The summed E-state index contributed by atoms with van der Waals surface area (Å²) in [6.07, 6.45) is 2.76. The second-order valence-corrected chi connectivity index (χ2v) is 6.35. The molecule has 0 aliphatic carbocycles. The molecule has 102 valence electrons. The number of halogens is 1. The van der Waals surface area contributed by atoms with Crippen LogP contribution in [0.3, 0.4) is 0 Å². The molecule has 0 fully saturated rings. The Labute approximate surface area is 107 Å². The highest BCUT2D eigenvalue weighted by atomic mass is 32.2. The van der Waals surface area contributed by atoms with Crippen LogP contribution in [-0.2, 0) is 10.0 Å². The molecule has 3 N–H and O–H groups in total. The fourth-order valence-electron chi connectivity index (χ4n) is 1.53. The molecule has 0 saturated carbocycles. The molecule has 0 spiro atoms. The zero-order valence-electron chi connectivity index (χ0n) is 10.4. The first-order valence-electron chi connectivity index (χ1n) is 5.67. The average Bonchev–Trinajstić information content (AvgIpc) is 2.26. The van der Waals surface area contributed by atoms with E-state index >= 15 is 0 Å². The number of rotatable bonds is 6. The van der Waals surface area contributed by atoms with E-state index < -0.39 is 15.8 Å². The minimum absolute atomic E-state index is 0.122. The molecule has 0 amide bonds. The summed E-state index contributed by atoms with van der Waals surface area (Å²) in [5, 5.41) is 0. The van der Waals surface area contributed by atoms with E-state index in [1.54, 1.807) is 0 Å². The van der Waals surface area contributed by atoms with Gasteiger partial charge >= 0.3 is 0 Å². The Hall–Kier alpha value is -1.05. The van der Waals surface area contributed by atoms with E-state index in [1.165, 1.54) is 0 Å². The Balaban J connectivity index is 2.66. The van der Waals surface area contributed by atoms with Crippen molar-refractivity contribution in [1.82, 2.24) is 9.71 Å². The van der Waals surface area contributed by atoms with E-state index in [1.807, 2.05) is 13.8 Å². The molecule has 1 aromatic heterocycles. The number of hydrogen-bond acceptors (Lipinski definition) is 4. The molecule has 1 heterocycles. The van der Waals surface area contributed by atoms with Gasteiger partial charge in [-0.05, 0) is 18.4 Å². The highest BCUT2D eigenvalue weighted by Gasteiger charge is 2.16. The molecule has 0 aromatic carbocycles. The molecule has 5 nitrogen and oxygen atoms in total. The Morgan fingerprint density at radius 3 is 2.67 bits per heavy atom. The maximum Gasteiger partial charge on any atom is 0.242 e. The average molecular weight is 275 g/mol. The van der Waals surface area contributed by atoms with E-state index in [0.29, 0.717) is 12.3 Å². The summed E-state index contributed by atoms with van der Waals surface area (Å²) < 4.78 is 38.8. The number of nitrogens with two attached hydrogens (primary N) is 1. The zero-order chi connectivity index (χ0) is 13.8. The predicted molar refractivity (Wildman–Crippen MR) is 66.8 cm³/mol. The fourth-order valence-corrected chi connectivity index (χ4v) is 2.60. The summed E-state index contributed by atoms with van der Waals surface area (Å²) >= 11 is 0. The van der Waals surface area contributed by atoms with Gasteiger partial charge < -0.3 is 5.73 Å². The van der Waals surface area contributed by atoms with Crippen LogP contribution in [0.5, 0.6) is 0 Å². The highest BCUT2D eigenvalue weighted by molar-refractivity contribution is 7.89. The van der Waals surface area contributed by atoms with Gasteiger partial charge in [0.05, 0.1) is 6.20 Å². The molecule has 18 heavy (non-hydrogen) atoms. The van der Waals surface area contributed by atoms with Crippen LogP contribution >= 0.6 is 0 Å². The van der Waals surface area contributed by atoms with Crippen molar-refractivity contribution in [2.45, 2.75) is 31.2 Å². The molecule has 1 rings (SSSR count). The summed E-state index contributed by atoms with van der Waals surface area (Å²) in [7, 11) is -3.75. The lowest BCUT2D eigenvalue weighted by atomic mass is 10.1. The molecular weight excluding hydrogens is 257 g/mol. The number of aromatic nitrogens is 1. The summed E-state index contributed by atoms with van der Waals surface area (Å²) in [5.74, 6) is -0.301. The monoisotopic (exact) mass is 275 g/mol. The Kier molecular flexibility index (Phi) is 5.18. The van der Waals surface area contributed by atoms with Gasteiger partial charge in [0.1, 0.15) is 10.7 Å². The van der Waals surface area contributed by atoms with Crippen LogP contribution < -0.4 is 10.5 Å². The van der Waals surface area contributed by atoms with Crippen LogP contribution in [-0.4, -0.2) is 26.0 Å². The fraction of sp³-hybridized carbons (Fsp3) is 0.545. The van der Waals surface area contributed by atoms with Crippen LogP contribution in [0, 0.1) is 11.7 Å². The standard InChI is InChI=1S/C11H18FN3O2S/c1-8(2)3-10(13)6-15-18(16,17)11-4-9(12)5-14-7-11/h4-5,7-8,10,15H,3,6,13H2,1-2H3. The molecule has 0 radical (unpaired) electrons. The van der Waals surface area contributed by atoms with Crippen molar-refractivity contribution < 1.29 is 12.8 Å². The van der Waals surface area contributed by atoms with E-state index in [-0.39, 0.29) is 17.5 Å². The molecule has 1 aromatic rings. The van der Waals surface area contributed by atoms with Crippen molar-refractivity contribution in [3.63, 3.8) is 0 Å². The molecule has 1 atom stereocenters. The SMILES string of the molecule is CC(C)CC(N)CNS(=O)(=O)c1cncc(F)c1. The summed E-state index contributed by atoms with van der Waals surface area (Å²) in [4.78, 5) is 3.31. The van der Waals surface area contributed by atoms with E-state index in [9.17, 15) is 12.8 Å². The topological polar surface area (TPSA) is 85.1 Å². The predicted octanol–water partition coefficient (Wildman–Crippen LogP) is 0.872. The molecule has 0 aliphatic rings. The lowest BCUT2D eigenvalue weighted by molar-refractivity contribution is 0.485. The van der Waals surface area contributed by atoms with Crippen molar-refractivity contribution in [2.24, 2.45) is 11.7 Å². The summed E-state index contributed by atoms with van der Waals surface area (Å²) in [6.45, 7) is 4.13. The normalized spacial score (nSPS) is 13.8. The third-order valence-electron chi connectivity index (χ3n) is 2.30. The third kappa shape index (κ3) is 4.67. The van der Waals surface area contributed by atoms with Gasteiger partial charge in [-0.25, -0.2) is 17.5 Å². The third-order valence-corrected chi connectivity index (χ3v) is 3.69. The van der Waals surface area contributed by atoms with Gasteiger partial charge in [-0.3, -0.25) is 4.98 Å². The van der Waals surface area contributed by atoms with Crippen LogP contribution in [0.1, 0.15) is 20.3 Å². The largest absolute Gasteiger partial charge is 0.327 e. The van der Waals surface area contributed by atoms with Gasteiger partial charge in [-0.1, -0.05) is 13.8 Å². The summed E-state index contributed by atoms with van der Waals surface area (Å²) in [5.41, 5.74) is 5.77. The minimum Gasteiger partial charge on any atom is -0.327 e. The van der Waals surface area contributed by atoms with E-state index in [2.05, 4.69) is 9.71 Å². The Bertz CT molecular complexity index is 491. The molecule has 0 saturated heterocycles. The van der Waals surface area contributed by atoms with Crippen molar-refractivity contribution in [3.05, 3.63) is 24.3 Å². The first-order chi connectivity index (χ1) is 8.31. The lowest BCUT2D eigenvalue weighted by Crippen LogP contribution is -2.38. The van der Waals surface area contributed by atoms with Crippen molar-refractivity contribution >= 4 is 10.0 Å². The van der Waals surface area contributed by atoms with Crippen LogP contribution in [0.25, 0.3) is 0 Å². The van der Waals surface area contributed by atoms with Gasteiger partial charge in [0.25, 0.3) is 0 Å². The molecule has 0 aliphatic heterocycles. The van der Waals surface area contributed by atoms with Crippen molar-refractivity contribution in [1.29, 1.82) is 0 Å². The highest BCUT2D eigenvalue weighted by Crippen LogP contribution is 2.09. The lowest BCUT2D eigenvalue weighted by Gasteiger charge is -2.14. The quantitative estimate of drug-likeness (QED) is 0.807. The molecular formula is C11H18FN3O2S. The first kappa shape index (κ1) is 15.0. The van der Waals surface area contributed by atoms with Gasteiger partial charge in [-0.15, -0.1) is 0 Å². The van der Waals surface area contributed by atoms with Crippen molar-refractivity contribution in [3.8, 4) is 0 Å². The maximum absolute atomic E-state index is 12.9. The van der Waals surface area contributed by atoms with Crippen molar-refractivity contribution in [2.75, 3.05) is 6.54 Å². The molecule has 0 bridgehead atoms. The zero-order valence-corrected chi connectivity index (χ0v) is 11.2. The molecule has 1 unspecified atom stereocenters. The van der Waals surface area contributed by atoms with Gasteiger partial charge in [0.2, 0.25) is 10.0 Å². The first-order valence-corrected chi connectivity index (χ1v) is 7.15. The number of nitrogens with zero attached hydrogens (tertiary/aromatic N) is 1. The number of pyridine rings is 1. The molecule has 7 heteroatoms. The van der Waals surface area contributed by atoms with E-state index in [4.69, 9.17) is 5.73 Å². The van der Waals surface area contributed by atoms with Gasteiger partial charge in [0, 0.05) is 18.8 Å². The maximum atomic E-state index is 12.9. The van der Waals surface area contributed by atoms with Gasteiger partial charge in [0.15, 0.2) is 0 Å². The Morgan fingerprint density at radius 2 is 2.11 bits per heavy atom. The Morgan fingerprint density at radius 1 is 1.44 bits per heavy atom. The smallest absolute Gasteiger partial charge is 0.242 e. The number of nitrogens with one attached hydrogen (secondary N) is 1. The second-order valence-electron chi connectivity index (χ2n) is 4.58. The number of sulfonamides is 1. The summed E-state index contributed by atoms with van der Waals surface area (Å²) in [6, 6.07) is 0.657. The van der Waals surface area contributed by atoms with Crippen LogP contribution in [0.4, 0.5) is 4.39 Å². The van der Waals surface area contributed by atoms with E-state index in [0.717, 1.165) is 18.5 Å². The van der Waals surface area contributed by atoms with Crippen LogP contribution in [0.2, 0.25) is 0 Å². The second kappa shape index (κ2) is 6.21. The minimum atomic E-state index is -3.75. The van der Waals surface area contributed by atoms with Crippen LogP contribution in [0.15, 0.2) is 23.4 Å². The number of hydrogen-bond donors (Lipinski definition) is 2.